The average Bonchev–Trinajstić information content (AvgIpc) is 2.68. The summed E-state index contributed by atoms with van der Waals surface area (Å²) in [6, 6.07) is 7.63. The van der Waals surface area contributed by atoms with Gasteiger partial charge >= 0.3 is 0 Å². The number of rotatable bonds is 3. The first-order chi connectivity index (χ1) is 9.20. The molecule has 1 aromatic rings. The normalized spacial score (nSPS) is 33.1. The lowest BCUT2D eigenvalue weighted by molar-refractivity contribution is 0.0906. The maximum atomic E-state index is 12.7. The number of Topliss-reactive ketones (excluding diaryl/α,β-unsaturated/α-hetero) is 1. The van der Waals surface area contributed by atoms with Gasteiger partial charge < -0.3 is 0 Å². The van der Waals surface area contributed by atoms with E-state index >= 15 is 0 Å². The summed E-state index contributed by atoms with van der Waals surface area (Å²) in [5.41, 5.74) is 1.68. The molecule has 19 heavy (non-hydrogen) atoms. The van der Waals surface area contributed by atoms with Crippen LogP contribution in [0.1, 0.15) is 41.6 Å². The number of ketones is 1. The van der Waals surface area contributed by atoms with Crippen LogP contribution in [-0.4, -0.2) is 20.5 Å². The fourth-order valence-electron chi connectivity index (χ4n) is 3.37. The van der Waals surface area contributed by atoms with Gasteiger partial charge in [-0.05, 0) is 31.2 Å². The summed E-state index contributed by atoms with van der Waals surface area (Å²) in [6.45, 7) is 3.77. The van der Waals surface area contributed by atoms with E-state index in [0.717, 1.165) is 36.8 Å². The molecule has 2 atom stereocenters. The van der Waals surface area contributed by atoms with Gasteiger partial charge in [0.15, 0.2) is 5.78 Å². The molecule has 2 aliphatic rings. The van der Waals surface area contributed by atoms with E-state index < -0.39 is 10.8 Å². The summed E-state index contributed by atoms with van der Waals surface area (Å²) in [7, 11) is -0.692. The minimum absolute atomic E-state index is 0.0521. The van der Waals surface area contributed by atoms with Gasteiger partial charge in [-0.15, -0.1) is 0 Å². The molecular weight excluding hydrogens is 256 g/mol. The summed E-state index contributed by atoms with van der Waals surface area (Å²) in [5.74, 6) is 0.264. The van der Waals surface area contributed by atoms with Crippen molar-refractivity contribution in [1.82, 2.24) is 0 Å². The highest BCUT2D eigenvalue weighted by Crippen LogP contribution is 2.40. The van der Waals surface area contributed by atoms with Gasteiger partial charge in [0.05, 0.1) is 0 Å². The Morgan fingerprint density at radius 3 is 2.47 bits per heavy atom. The number of hydrogen-bond acceptors (Lipinski definition) is 2. The summed E-state index contributed by atoms with van der Waals surface area (Å²) in [5, 5.41) is 0.507. The Kier molecular flexibility index (Phi) is 3.40. The van der Waals surface area contributed by atoms with Crippen LogP contribution in [0.3, 0.4) is 0 Å². The molecule has 0 N–H and O–H groups in total. The molecule has 0 saturated carbocycles. The third-order valence-corrected chi connectivity index (χ3v) is 6.55. The minimum atomic E-state index is -0.692. The van der Waals surface area contributed by atoms with Crippen molar-refractivity contribution < 1.29 is 9.00 Å². The van der Waals surface area contributed by atoms with E-state index in [0.29, 0.717) is 0 Å². The highest BCUT2D eigenvalue weighted by molar-refractivity contribution is 7.86. The number of fused-ring (bicyclic) bond motifs is 2. The molecule has 2 bridgehead atoms. The molecule has 2 fully saturated rings. The lowest BCUT2D eigenvalue weighted by Crippen LogP contribution is -2.32. The first-order valence-corrected chi connectivity index (χ1v) is 8.13. The highest BCUT2D eigenvalue weighted by Gasteiger charge is 2.42. The maximum absolute atomic E-state index is 12.7. The van der Waals surface area contributed by atoms with Gasteiger partial charge in [-0.1, -0.05) is 36.9 Å². The molecule has 3 heteroatoms. The van der Waals surface area contributed by atoms with E-state index in [1.807, 2.05) is 24.3 Å². The van der Waals surface area contributed by atoms with E-state index in [9.17, 15) is 9.00 Å². The lowest BCUT2D eigenvalue weighted by atomic mass is 9.88. The molecule has 100 valence electrons. The van der Waals surface area contributed by atoms with Crippen LogP contribution in [0.4, 0.5) is 0 Å². The summed E-state index contributed by atoms with van der Waals surface area (Å²) in [6.07, 6.45) is 5.40. The van der Waals surface area contributed by atoms with Crippen LogP contribution in [0.15, 0.2) is 30.8 Å². The molecule has 0 aliphatic carbocycles. The number of hydrogen-bond donors (Lipinski definition) is 0. The van der Waals surface area contributed by atoms with Gasteiger partial charge in [0, 0.05) is 32.8 Å². The number of benzene rings is 1. The molecule has 2 saturated heterocycles. The Balaban J connectivity index is 1.85. The lowest BCUT2D eigenvalue weighted by Gasteiger charge is -2.26. The SMILES string of the molecule is C=Cc1ccccc1C(=O)C1CC2CCC(C1)S2=O. The third-order valence-electron chi connectivity index (χ3n) is 4.38. The predicted molar refractivity (Wildman–Crippen MR) is 78.5 cm³/mol. The Morgan fingerprint density at radius 1 is 1.21 bits per heavy atom. The summed E-state index contributed by atoms with van der Waals surface area (Å²) in [4.78, 5) is 12.7. The van der Waals surface area contributed by atoms with Crippen LogP contribution < -0.4 is 0 Å². The van der Waals surface area contributed by atoms with E-state index in [-0.39, 0.29) is 22.2 Å². The molecule has 0 radical (unpaired) electrons. The molecule has 2 aliphatic heterocycles. The fraction of sp³-hybridized carbons (Fsp3) is 0.438. The van der Waals surface area contributed by atoms with Crippen molar-refractivity contribution in [1.29, 1.82) is 0 Å². The van der Waals surface area contributed by atoms with E-state index in [1.165, 1.54) is 0 Å². The van der Waals surface area contributed by atoms with Crippen molar-refractivity contribution in [3.8, 4) is 0 Å². The first-order valence-electron chi connectivity index (χ1n) is 6.85. The van der Waals surface area contributed by atoms with Gasteiger partial charge in [0.1, 0.15) is 0 Å². The van der Waals surface area contributed by atoms with Crippen molar-refractivity contribution >= 4 is 22.7 Å². The average molecular weight is 274 g/mol. The van der Waals surface area contributed by atoms with Crippen molar-refractivity contribution in [2.24, 2.45) is 5.92 Å². The summed E-state index contributed by atoms with van der Waals surface area (Å²) < 4.78 is 12.0. The molecule has 2 heterocycles. The van der Waals surface area contributed by atoms with E-state index in [2.05, 4.69) is 6.58 Å². The molecule has 3 rings (SSSR count). The Hall–Kier alpha value is -1.22. The smallest absolute Gasteiger partial charge is 0.166 e. The van der Waals surface area contributed by atoms with Gasteiger partial charge in [0.25, 0.3) is 0 Å². The Labute approximate surface area is 116 Å². The van der Waals surface area contributed by atoms with Crippen LogP contribution in [-0.2, 0) is 10.8 Å². The van der Waals surface area contributed by atoms with Crippen molar-refractivity contribution in [3.63, 3.8) is 0 Å². The Bertz CT molecular complexity index is 533. The zero-order valence-electron chi connectivity index (χ0n) is 10.9. The van der Waals surface area contributed by atoms with Crippen LogP contribution in [0.25, 0.3) is 6.08 Å². The summed E-state index contributed by atoms with van der Waals surface area (Å²) >= 11 is 0. The second-order valence-electron chi connectivity index (χ2n) is 5.47. The molecule has 2 unspecified atom stereocenters. The Morgan fingerprint density at radius 2 is 1.84 bits per heavy atom. The molecule has 2 nitrogen and oxygen atoms in total. The quantitative estimate of drug-likeness (QED) is 0.793. The number of carbonyl (C=O) groups is 1. The number of carbonyl (C=O) groups excluding carboxylic acids is 1. The second kappa shape index (κ2) is 5.04. The van der Waals surface area contributed by atoms with Gasteiger partial charge in [-0.2, -0.15) is 0 Å². The molecular formula is C16H18O2S. The largest absolute Gasteiger partial charge is 0.294 e. The standard InChI is InChI=1S/C16H18O2S/c1-2-11-5-3-4-6-15(11)16(17)12-9-13-7-8-14(10-12)19(13)18/h2-6,12-14H,1,7-10H2. The van der Waals surface area contributed by atoms with Crippen molar-refractivity contribution in [3.05, 3.63) is 42.0 Å². The van der Waals surface area contributed by atoms with Crippen LogP contribution in [0.5, 0.6) is 0 Å². The minimum Gasteiger partial charge on any atom is -0.294 e. The molecule has 0 spiro atoms. The third kappa shape index (κ3) is 2.20. The maximum Gasteiger partial charge on any atom is 0.166 e. The fourth-order valence-corrected chi connectivity index (χ4v) is 5.49. The van der Waals surface area contributed by atoms with Gasteiger partial charge in [0.2, 0.25) is 0 Å². The van der Waals surface area contributed by atoms with Crippen LogP contribution >= 0.6 is 0 Å². The van der Waals surface area contributed by atoms with Gasteiger partial charge in [-0.25, -0.2) is 0 Å². The zero-order valence-corrected chi connectivity index (χ0v) is 11.7. The van der Waals surface area contributed by atoms with Crippen LogP contribution in [0.2, 0.25) is 0 Å². The molecule has 1 aromatic carbocycles. The van der Waals surface area contributed by atoms with Crippen LogP contribution in [0, 0.1) is 5.92 Å². The first kappa shape index (κ1) is 12.8. The predicted octanol–water partition coefficient (Wildman–Crippen LogP) is 3.20. The highest BCUT2D eigenvalue weighted by atomic mass is 32.2. The molecule has 0 aromatic heterocycles. The zero-order chi connectivity index (χ0) is 13.4. The topological polar surface area (TPSA) is 34.1 Å². The monoisotopic (exact) mass is 274 g/mol. The molecule has 0 amide bonds. The van der Waals surface area contributed by atoms with Crippen molar-refractivity contribution in [2.75, 3.05) is 0 Å². The second-order valence-corrected chi connectivity index (χ2v) is 7.46. The van der Waals surface area contributed by atoms with Crippen molar-refractivity contribution in [2.45, 2.75) is 36.2 Å². The van der Waals surface area contributed by atoms with Gasteiger partial charge in [-0.3, -0.25) is 9.00 Å². The van der Waals surface area contributed by atoms with E-state index in [4.69, 9.17) is 0 Å². The van der Waals surface area contributed by atoms with E-state index in [1.54, 1.807) is 6.08 Å².